The first kappa shape index (κ1) is 68.3. The van der Waals surface area contributed by atoms with E-state index >= 15 is 0 Å². The number of aliphatic hydroxyl groups excluding tert-OH is 1. The van der Waals surface area contributed by atoms with E-state index in [0.29, 0.717) is 0 Å². The highest BCUT2D eigenvalue weighted by atomic mass is 16.4. The summed E-state index contributed by atoms with van der Waals surface area (Å²) in [4.78, 5) is 0. The molecule has 0 unspecified atom stereocenters. The van der Waals surface area contributed by atoms with Crippen molar-refractivity contribution in [3.05, 3.63) is 13.2 Å². The molecule has 0 aliphatic heterocycles. The van der Waals surface area contributed by atoms with E-state index in [1.807, 2.05) is 13.8 Å². The van der Waals surface area contributed by atoms with E-state index in [4.69, 9.17) is 5.11 Å². The van der Waals surface area contributed by atoms with Crippen LogP contribution in [-0.2, 0) is 4.74 Å². The molecule has 0 rings (SSSR count). The van der Waals surface area contributed by atoms with Crippen molar-refractivity contribution in [3.8, 4) is 0 Å². The molecule has 0 aromatic carbocycles. The SMILES string of the molecule is C.C.C.C.C=C.CC.CCO.COC. The molecule has 0 amide bonds. The Morgan fingerprint density at radius 3 is 0.929 bits per heavy atom. The zero-order chi connectivity index (χ0) is 9.41. The molecule has 0 fully saturated rings. The fourth-order valence-electron chi connectivity index (χ4n) is 0. The number of hydrogen-bond acceptors (Lipinski definition) is 2. The van der Waals surface area contributed by atoms with Gasteiger partial charge in [-0.3, -0.25) is 0 Å². The van der Waals surface area contributed by atoms with Gasteiger partial charge in [0.05, 0.1) is 0 Å². The minimum absolute atomic E-state index is 0. The summed E-state index contributed by atoms with van der Waals surface area (Å²) in [7, 11) is 3.25. The second-order valence-corrected chi connectivity index (χ2v) is 0.724. The number of ether oxygens (including phenoxy) is 1. The maximum absolute atomic E-state index is 7.57. The van der Waals surface area contributed by atoms with Crippen LogP contribution in [0.15, 0.2) is 13.2 Å². The maximum atomic E-state index is 7.57. The molecule has 0 radical (unpaired) electrons. The van der Waals surface area contributed by atoms with Crippen molar-refractivity contribution < 1.29 is 9.84 Å². The van der Waals surface area contributed by atoms with Crippen molar-refractivity contribution in [1.82, 2.24) is 0 Å². The molecule has 0 saturated carbocycles. The van der Waals surface area contributed by atoms with Crippen LogP contribution >= 0.6 is 0 Å². The van der Waals surface area contributed by atoms with Crippen molar-refractivity contribution in [2.75, 3.05) is 20.8 Å². The molecule has 0 aromatic rings. The van der Waals surface area contributed by atoms with E-state index in [9.17, 15) is 0 Å². The quantitative estimate of drug-likeness (QED) is 0.596. The second-order valence-electron chi connectivity index (χ2n) is 0.724. The van der Waals surface area contributed by atoms with E-state index in [2.05, 4.69) is 17.9 Å². The molecule has 98 valence electrons. The van der Waals surface area contributed by atoms with Crippen LogP contribution in [0.4, 0.5) is 0 Å². The highest BCUT2D eigenvalue weighted by molar-refractivity contribution is 4.22. The maximum Gasteiger partial charge on any atom is 0.0402 e. The summed E-state index contributed by atoms with van der Waals surface area (Å²) >= 11 is 0. The average Bonchev–Trinajstić information content (AvgIpc) is 1.99. The Morgan fingerprint density at radius 1 is 0.929 bits per heavy atom. The number of aliphatic hydroxyl groups is 1. The van der Waals surface area contributed by atoms with Gasteiger partial charge in [-0.1, -0.05) is 43.6 Å². The molecule has 0 aliphatic rings. The normalized spacial score (nSPS) is 3.29. The smallest absolute Gasteiger partial charge is 0.0402 e. The van der Waals surface area contributed by atoms with Crippen molar-refractivity contribution in [2.45, 2.75) is 50.5 Å². The van der Waals surface area contributed by atoms with E-state index < -0.39 is 0 Å². The topological polar surface area (TPSA) is 29.5 Å². The summed E-state index contributed by atoms with van der Waals surface area (Å²) in [5.74, 6) is 0. The zero-order valence-electron chi connectivity index (χ0n) is 7.98. The number of rotatable bonds is 0. The third-order valence-corrected chi connectivity index (χ3v) is 0. The first-order chi connectivity index (χ1) is 4.83. The summed E-state index contributed by atoms with van der Waals surface area (Å²) in [5, 5.41) is 7.57. The van der Waals surface area contributed by atoms with Gasteiger partial charge < -0.3 is 9.84 Å². The minimum Gasteiger partial charge on any atom is -0.397 e. The summed E-state index contributed by atoms with van der Waals surface area (Å²) in [6, 6.07) is 0. The first-order valence-electron chi connectivity index (χ1n) is 3.34. The van der Waals surface area contributed by atoms with Crippen LogP contribution in [0, 0.1) is 0 Å². The van der Waals surface area contributed by atoms with E-state index in [0.717, 1.165) is 0 Å². The molecule has 0 aromatic heterocycles. The van der Waals surface area contributed by atoms with E-state index in [-0.39, 0.29) is 36.3 Å². The van der Waals surface area contributed by atoms with Crippen LogP contribution in [-0.4, -0.2) is 25.9 Å². The predicted molar refractivity (Wildman–Crippen MR) is 75.2 cm³/mol. The van der Waals surface area contributed by atoms with Crippen molar-refractivity contribution in [2.24, 2.45) is 0 Å². The van der Waals surface area contributed by atoms with Crippen molar-refractivity contribution >= 4 is 0 Å². The first-order valence-corrected chi connectivity index (χ1v) is 3.34. The molecule has 2 heteroatoms. The van der Waals surface area contributed by atoms with Crippen LogP contribution in [0.3, 0.4) is 0 Å². The van der Waals surface area contributed by atoms with E-state index in [1.165, 1.54) is 0 Å². The lowest BCUT2D eigenvalue weighted by Crippen LogP contribution is -1.57. The van der Waals surface area contributed by atoms with Gasteiger partial charge >= 0.3 is 0 Å². The monoisotopic (exact) mass is 214 g/mol. The highest BCUT2D eigenvalue weighted by Gasteiger charge is 1.34. The van der Waals surface area contributed by atoms with Gasteiger partial charge in [-0.05, 0) is 6.92 Å². The Morgan fingerprint density at radius 2 is 0.929 bits per heavy atom. The van der Waals surface area contributed by atoms with Crippen molar-refractivity contribution in [3.63, 3.8) is 0 Å². The molecule has 0 atom stereocenters. The Balaban J connectivity index is -0.00000000530. The summed E-state index contributed by atoms with van der Waals surface area (Å²) < 4.78 is 4.25. The Kier molecular flexibility index (Phi) is 3050. The lowest BCUT2D eigenvalue weighted by molar-refractivity contribution is 0.277. The van der Waals surface area contributed by atoms with Crippen molar-refractivity contribution in [1.29, 1.82) is 0 Å². The van der Waals surface area contributed by atoms with Gasteiger partial charge in [-0.25, -0.2) is 0 Å². The van der Waals surface area contributed by atoms with Gasteiger partial charge in [0.1, 0.15) is 0 Å². The number of hydrogen-bond donors (Lipinski definition) is 1. The molecule has 2 nitrogen and oxygen atoms in total. The molecule has 0 spiro atoms. The molecule has 0 heterocycles. The summed E-state index contributed by atoms with van der Waals surface area (Å²) in [6.07, 6.45) is 0. The van der Waals surface area contributed by atoms with Crippen LogP contribution in [0.1, 0.15) is 50.5 Å². The third kappa shape index (κ3) is 11500. The lowest BCUT2D eigenvalue weighted by atomic mass is 10.9. The highest BCUT2D eigenvalue weighted by Crippen LogP contribution is 1.30. The summed E-state index contributed by atoms with van der Waals surface area (Å²) in [5.41, 5.74) is 0. The predicted octanol–water partition coefficient (Wildman–Crippen LogP) is 4.63. The standard InChI is InChI=1S/2C2H6O.C2H6.C2H4.4CH4/c1-3-2;1-2-3;2*1-2;;;;/h1-2H3;3H,2H2,1H3;1-2H3;1-2H2;4*1H4. The average molecular weight is 214 g/mol. The molecule has 0 bridgehead atoms. The zero-order valence-corrected chi connectivity index (χ0v) is 7.98. The molecule has 0 aliphatic carbocycles. The third-order valence-electron chi connectivity index (χ3n) is 0. The van der Waals surface area contributed by atoms with Gasteiger partial charge in [-0.15, -0.1) is 13.2 Å². The molecule has 1 N–H and O–H groups in total. The van der Waals surface area contributed by atoms with Gasteiger partial charge in [0.15, 0.2) is 0 Å². The lowest BCUT2D eigenvalue weighted by Gasteiger charge is -1.61. The summed E-state index contributed by atoms with van der Waals surface area (Å²) in [6.45, 7) is 11.9. The van der Waals surface area contributed by atoms with Crippen LogP contribution in [0.2, 0.25) is 0 Å². The van der Waals surface area contributed by atoms with Gasteiger partial charge in [0.2, 0.25) is 0 Å². The Bertz CT molecular complexity index is 15.8. The minimum atomic E-state index is 0. The largest absolute Gasteiger partial charge is 0.397 e. The van der Waals surface area contributed by atoms with Gasteiger partial charge in [-0.2, -0.15) is 0 Å². The molecular weight excluding hydrogens is 176 g/mol. The fraction of sp³-hybridized carbons (Fsp3) is 0.833. The van der Waals surface area contributed by atoms with E-state index in [1.54, 1.807) is 21.1 Å². The fourth-order valence-corrected chi connectivity index (χ4v) is 0. The van der Waals surface area contributed by atoms with Crippen LogP contribution < -0.4 is 0 Å². The molecule has 0 saturated heterocycles. The second kappa shape index (κ2) is 625. The van der Waals surface area contributed by atoms with Gasteiger partial charge in [0, 0.05) is 20.8 Å². The Hall–Kier alpha value is -0.340. The van der Waals surface area contributed by atoms with Gasteiger partial charge in [0.25, 0.3) is 0 Å². The Labute approximate surface area is 95.0 Å². The number of methoxy groups -OCH3 is 1. The van der Waals surface area contributed by atoms with Crippen LogP contribution in [0.25, 0.3) is 0 Å². The molecule has 14 heavy (non-hydrogen) atoms. The molecular formula is C12H38O2. The van der Waals surface area contributed by atoms with Crippen LogP contribution in [0.5, 0.6) is 0 Å².